The Morgan fingerprint density at radius 1 is 0.647 bits per heavy atom. The fourth-order valence-corrected chi connectivity index (χ4v) is 9.97. The molecule has 0 N–H and O–H groups in total. The molecule has 0 saturated heterocycles. The van der Waals surface area contributed by atoms with Crippen LogP contribution in [0.25, 0.3) is 0 Å². The second-order valence-corrected chi connectivity index (χ2v) is 29.8. The molecule has 0 spiro atoms. The van der Waals surface area contributed by atoms with Gasteiger partial charge in [0.15, 0.2) is 0 Å². The molecule has 3 heteroatoms. The van der Waals surface area contributed by atoms with Crippen LogP contribution in [0.4, 0.5) is 0 Å². The summed E-state index contributed by atoms with van der Waals surface area (Å²) in [6.07, 6.45) is 0. The van der Waals surface area contributed by atoms with Crippen molar-refractivity contribution in [2.24, 2.45) is 0 Å². The summed E-state index contributed by atoms with van der Waals surface area (Å²) in [4.78, 5) is 0. The number of hydrogen-bond acceptors (Lipinski definition) is 0. The topological polar surface area (TPSA) is 0 Å². The molecule has 88 valence electrons. The van der Waals surface area contributed by atoms with Crippen molar-refractivity contribution in [2.75, 3.05) is 0 Å². The van der Waals surface area contributed by atoms with E-state index in [1.807, 2.05) is 0 Å². The molecule has 0 aromatic heterocycles. The van der Waals surface area contributed by atoms with Crippen LogP contribution in [0.5, 0.6) is 0 Å². The van der Waals surface area contributed by atoms with Gasteiger partial charge < -0.3 is 0 Å². The van der Waals surface area contributed by atoms with Crippen molar-refractivity contribution >= 4 is 46.1 Å². The van der Waals surface area contributed by atoms with E-state index >= 15 is 0 Å². The van der Waals surface area contributed by atoms with Gasteiger partial charge in [0, 0.05) is 0 Å². The summed E-state index contributed by atoms with van der Waals surface area (Å²) in [5, 5.41) is 0. The molecule has 0 fully saturated rings. The van der Waals surface area contributed by atoms with E-state index in [0.29, 0.717) is 0 Å². The SMILES string of the molecule is Cc1cc[c]([Ti]([I])([I])[c]2ccc(C)cc2)cc1. The van der Waals surface area contributed by atoms with Gasteiger partial charge in [-0.05, 0) is 0 Å². The third-order valence-corrected chi connectivity index (χ3v) is 16.4. The van der Waals surface area contributed by atoms with E-state index in [9.17, 15) is 0 Å². The van der Waals surface area contributed by atoms with Crippen LogP contribution in [0, 0.1) is 13.8 Å². The van der Waals surface area contributed by atoms with Gasteiger partial charge in [-0.1, -0.05) is 0 Å². The van der Waals surface area contributed by atoms with Gasteiger partial charge in [-0.2, -0.15) is 0 Å². The Labute approximate surface area is 127 Å². The van der Waals surface area contributed by atoms with E-state index in [2.05, 4.69) is 101 Å². The van der Waals surface area contributed by atoms with Gasteiger partial charge in [0.2, 0.25) is 0 Å². The summed E-state index contributed by atoms with van der Waals surface area (Å²) in [6, 6.07) is 18.1. The first-order chi connectivity index (χ1) is 8.00. The van der Waals surface area contributed by atoms with Crippen molar-refractivity contribution < 1.29 is 9.09 Å². The monoisotopic (exact) mass is 484 g/mol. The van der Waals surface area contributed by atoms with Crippen LogP contribution in [0.15, 0.2) is 48.5 Å². The quantitative estimate of drug-likeness (QED) is 0.445. The molecule has 0 saturated carbocycles. The molecule has 0 aliphatic rings. The van der Waals surface area contributed by atoms with Gasteiger partial charge in [0.1, 0.15) is 0 Å². The van der Waals surface area contributed by atoms with Crippen LogP contribution in [-0.4, -0.2) is 0 Å². The zero-order valence-electron chi connectivity index (χ0n) is 9.87. The zero-order valence-corrected chi connectivity index (χ0v) is 15.8. The Balaban J connectivity index is 2.41. The van der Waals surface area contributed by atoms with Gasteiger partial charge in [-0.15, -0.1) is 0 Å². The predicted molar refractivity (Wildman–Crippen MR) is 89.7 cm³/mol. The molecule has 0 atom stereocenters. The number of hydrogen-bond donors (Lipinski definition) is 0. The van der Waals surface area contributed by atoms with Gasteiger partial charge >= 0.3 is 129 Å². The summed E-state index contributed by atoms with van der Waals surface area (Å²) in [7, 11) is -2.11. The fraction of sp³-hybridized carbons (Fsp3) is 0.143. The first-order valence-corrected chi connectivity index (χ1v) is 17.2. The average Bonchev–Trinajstić information content (AvgIpc) is 2.30. The van der Waals surface area contributed by atoms with E-state index < -0.39 is 9.09 Å². The molecule has 2 rings (SSSR count). The van der Waals surface area contributed by atoms with E-state index in [-0.39, 0.29) is 0 Å². The molecule has 2 aromatic rings. The first kappa shape index (κ1) is 14.0. The molecular formula is C14H14I2Ti. The van der Waals surface area contributed by atoms with Crippen molar-refractivity contribution in [3.8, 4) is 0 Å². The Bertz CT molecular complexity index is 453. The van der Waals surface area contributed by atoms with Gasteiger partial charge in [0.05, 0.1) is 0 Å². The Morgan fingerprint density at radius 3 is 1.24 bits per heavy atom. The van der Waals surface area contributed by atoms with Crippen molar-refractivity contribution in [3.63, 3.8) is 0 Å². The van der Waals surface area contributed by atoms with Crippen LogP contribution in [-0.2, 0) is 9.09 Å². The first-order valence-electron chi connectivity index (χ1n) is 5.52. The zero-order chi connectivity index (χ0) is 12.5. The maximum absolute atomic E-state index is 2.71. The van der Waals surface area contributed by atoms with E-state index in [0.717, 1.165) is 0 Å². The van der Waals surface area contributed by atoms with E-state index in [1.54, 1.807) is 0 Å². The van der Waals surface area contributed by atoms with Crippen molar-refractivity contribution in [2.45, 2.75) is 13.8 Å². The summed E-state index contributed by atoms with van der Waals surface area (Å²) in [5.74, 6) is 0. The fourth-order valence-electron chi connectivity index (χ4n) is 1.69. The van der Waals surface area contributed by atoms with Crippen LogP contribution < -0.4 is 7.74 Å². The Kier molecular flexibility index (Phi) is 4.72. The van der Waals surface area contributed by atoms with Crippen LogP contribution in [0.1, 0.15) is 11.1 Å². The van der Waals surface area contributed by atoms with Crippen molar-refractivity contribution in [3.05, 3.63) is 59.7 Å². The molecule has 0 aliphatic carbocycles. The summed E-state index contributed by atoms with van der Waals surface area (Å²) < 4.78 is 3.06. The van der Waals surface area contributed by atoms with Crippen LogP contribution in [0.2, 0.25) is 0 Å². The maximum atomic E-state index is 2.71. The predicted octanol–water partition coefficient (Wildman–Crippen LogP) is 4.11. The molecule has 0 bridgehead atoms. The minimum absolute atomic E-state index is 1.34. The number of benzene rings is 2. The Morgan fingerprint density at radius 2 is 0.941 bits per heavy atom. The van der Waals surface area contributed by atoms with Crippen LogP contribution >= 0.6 is 38.4 Å². The standard InChI is InChI=1S/2C7H7.2HI.Ti/c2*1-7-5-3-2-4-6-7;;;/h2*3-6H,1H3;2*1H;/q;;;;+2/p-2. The number of halogens is 2. The van der Waals surface area contributed by atoms with E-state index in [1.165, 1.54) is 18.9 Å². The molecular weight excluding hydrogens is 470 g/mol. The Hall–Kier alpha value is 0.614. The molecule has 0 amide bonds. The molecule has 0 unspecified atom stereocenters. The summed E-state index contributed by atoms with van der Waals surface area (Å²) >= 11 is 5.41. The molecule has 0 nitrogen and oxygen atoms in total. The summed E-state index contributed by atoms with van der Waals surface area (Å²) in [6.45, 7) is 4.29. The van der Waals surface area contributed by atoms with Gasteiger partial charge in [0.25, 0.3) is 0 Å². The molecule has 17 heavy (non-hydrogen) atoms. The van der Waals surface area contributed by atoms with E-state index in [4.69, 9.17) is 0 Å². The molecule has 2 aromatic carbocycles. The molecule has 0 radical (unpaired) electrons. The molecule has 0 heterocycles. The van der Waals surface area contributed by atoms with Gasteiger partial charge in [-0.3, -0.25) is 0 Å². The third-order valence-electron chi connectivity index (χ3n) is 2.83. The van der Waals surface area contributed by atoms with Crippen LogP contribution in [0.3, 0.4) is 0 Å². The second kappa shape index (κ2) is 5.72. The normalized spacial score (nSPS) is 11.5. The van der Waals surface area contributed by atoms with Gasteiger partial charge in [-0.25, -0.2) is 0 Å². The van der Waals surface area contributed by atoms with Crippen molar-refractivity contribution in [1.82, 2.24) is 0 Å². The second-order valence-electron chi connectivity index (χ2n) is 4.31. The minimum atomic E-state index is -2.11. The number of aryl methyl sites for hydroxylation is 2. The van der Waals surface area contributed by atoms with Crippen molar-refractivity contribution in [1.29, 1.82) is 0 Å². The third kappa shape index (κ3) is 3.34. The molecule has 0 aliphatic heterocycles. The summed E-state index contributed by atoms with van der Waals surface area (Å²) in [5.41, 5.74) is 2.67. The number of rotatable bonds is 2. The average molecular weight is 484 g/mol.